The van der Waals surface area contributed by atoms with Crippen molar-refractivity contribution in [1.29, 1.82) is 0 Å². The Morgan fingerprint density at radius 1 is 0.723 bits per heavy atom. The largest absolute Gasteiger partial charge is 0.678 e. The van der Waals surface area contributed by atoms with E-state index in [2.05, 4.69) is 57.2 Å². The highest BCUT2D eigenvalue weighted by Crippen LogP contribution is 2.47. The number of nitrogens with zero attached hydrogens (tertiary/aromatic N) is 2. The van der Waals surface area contributed by atoms with Gasteiger partial charge in [-0.2, -0.15) is 0 Å². The van der Waals surface area contributed by atoms with Crippen molar-refractivity contribution in [2.45, 2.75) is 32.6 Å². The van der Waals surface area contributed by atoms with Crippen LogP contribution in [0.2, 0.25) is 0 Å². The molecule has 0 saturated heterocycles. The predicted octanol–water partition coefficient (Wildman–Crippen LogP) is 9.49. The molecule has 1 aromatic heterocycles. The molecule has 0 spiro atoms. The summed E-state index contributed by atoms with van der Waals surface area (Å²) in [6.45, 7) is 6.57. The van der Waals surface area contributed by atoms with Gasteiger partial charge in [0.25, 0.3) is 0 Å². The maximum absolute atomic E-state index is 15.4. The molecule has 2 heterocycles. The third-order valence-corrected chi connectivity index (χ3v) is 9.05. The van der Waals surface area contributed by atoms with Gasteiger partial charge in [-0.05, 0) is 99.5 Å². The van der Waals surface area contributed by atoms with E-state index in [9.17, 15) is 0 Å². The Labute approximate surface area is 274 Å². The van der Waals surface area contributed by atoms with Crippen molar-refractivity contribution in [2.24, 2.45) is 4.99 Å². The Hall–Kier alpha value is -5.17. The van der Waals surface area contributed by atoms with Crippen molar-refractivity contribution < 1.29 is 18.1 Å². The molecule has 0 amide bonds. The van der Waals surface area contributed by atoms with Crippen molar-refractivity contribution in [3.05, 3.63) is 154 Å². The third-order valence-electron chi connectivity index (χ3n) is 9.05. The molecule has 234 valence electrons. The lowest BCUT2D eigenvalue weighted by atomic mass is 9.82. The van der Waals surface area contributed by atoms with E-state index >= 15 is 8.63 Å². The summed E-state index contributed by atoms with van der Waals surface area (Å²) in [7, 11) is 0.456. The molecule has 0 atom stereocenters. The van der Waals surface area contributed by atoms with E-state index in [0.29, 0.717) is 40.4 Å². The number of aromatic nitrogens is 1. The number of allylic oxidation sites excluding steroid dienone is 2. The second kappa shape index (κ2) is 11.9. The number of halogens is 2. The van der Waals surface area contributed by atoms with E-state index < -0.39 is 7.40 Å². The zero-order valence-corrected chi connectivity index (χ0v) is 27.1. The molecular weight excluding hydrogens is 589 g/mol. The van der Waals surface area contributed by atoms with Crippen LogP contribution in [0.5, 0.6) is 11.5 Å². The molecule has 0 radical (unpaired) electrons. The normalized spacial score (nSPS) is 15.5. The zero-order chi connectivity index (χ0) is 32.9. The van der Waals surface area contributed by atoms with Crippen LogP contribution in [0, 0.1) is 0 Å². The van der Waals surface area contributed by atoms with Gasteiger partial charge in [0.2, 0.25) is 0 Å². The fraction of sp³-hybridized carbons (Fsp3) is 0.175. The molecule has 0 fully saturated rings. The number of fused-ring (bicyclic) bond motifs is 2. The Morgan fingerprint density at radius 3 is 1.91 bits per heavy atom. The van der Waals surface area contributed by atoms with Crippen molar-refractivity contribution in [3.8, 4) is 22.8 Å². The van der Waals surface area contributed by atoms with E-state index in [1.165, 1.54) is 10.0 Å². The SMILES string of the molecule is COc1ccc(C2=N/C(=C3/c4ccccc4Cc4cc(-c5ccc(OC)cc5)n(B(F)F)c43)C(c3ccc(C(C)(C)C)cc3)=C2)cc1. The second-order valence-electron chi connectivity index (χ2n) is 12.9. The molecule has 7 heteroatoms. The number of methoxy groups -OCH3 is 2. The lowest BCUT2D eigenvalue weighted by molar-refractivity contribution is 0.414. The van der Waals surface area contributed by atoms with Gasteiger partial charge in [0, 0.05) is 34.5 Å². The van der Waals surface area contributed by atoms with Crippen molar-refractivity contribution in [3.63, 3.8) is 0 Å². The molecule has 0 saturated carbocycles. The first-order chi connectivity index (χ1) is 22.7. The van der Waals surface area contributed by atoms with Crippen LogP contribution in [0.25, 0.3) is 22.4 Å². The third kappa shape index (κ3) is 5.50. The minimum absolute atomic E-state index is 0.0121. The molecule has 4 nitrogen and oxygen atoms in total. The van der Waals surface area contributed by atoms with Crippen LogP contribution < -0.4 is 9.47 Å². The van der Waals surface area contributed by atoms with E-state index in [1.807, 2.05) is 60.7 Å². The number of hydrogen-bond acceptors (Lipinski definition) is 3. The van der Waals surface area contributed by atoms with E-state index in [-0.39, 0.29) is 5.41 Å². The summed E-state index contributed by atoms with van der Waals surface area (Å²) in [6, 6.07) is 33.5. The van der Waals surface area contributed by atoms with Gasteiger partial charge >= 0.3 is 7.40 Å². The molecular formula is C40H35BF2N2O2. The molecule has 5 aromatic rings. The van der Waals surface area contributed by atoms with Crippen molar-refractivity contribution >= 4 is 24.3 Å². The summed E-state index contributed by atoms with van der Waals surface area (Å²) in [5, 5.41) is 0. The number of rotatable bonds is 6. The predicted molar refractivity (Wildman–Crippen MR) is 188 cm³/mol. The highest BCUT2D eigenvalue weighted by atomic mass is 19.2. The first-order valence-electron chi connectivity index (χ1n) is 15.7. The standard InChI is InChI=1S/C40H35BF2N2O2/c1-40(2,3)30-16-10-25(11-17-30)34-24-35(26-12-18-31(46-4)19-13-26)44-38(34)37-33-9-7-6-8-28(33)22-29-23-36(45(39(29)37)41(42)43)27-14-20-32(47-5)21-15-27/h6-21,23-24H,22H2,1-5H3/b38-37-. The fourth-order valence-corrected chi connectivity index (χ4v) is 6.56. The summed E-state index contributed by atoms with van der Waals surface area (Å²) < 4.78 is 42.6. The highest BCUT2D eigenvalue weighted by Gasteiger charge is 2.36. The Bertz CT molecular complexity index is 2070. The van der Waals surface area contributed by atoms with Gasteiger partial charge in [-0.25, -0.2) is 4.99 Å². The summed E-state index contributed by atoms with van der Waals surface area (Å²) in [6.07, 6.45) is 2.62. The maximum Gasteiger partial charge on any atom is 0.678 e. The van der Waals surface area contributed by atoms with Crippen molar-refractivity contribution in [1.82, 2.24) is 4.48 Å². The summed E-state index contributed by atoms with van der Waals surface area (Å²) in [4.78, 5) is 5.26. The minimum atomic E-state index is -2.78. The van der Waals surface area contributed by atoms with E-state index in [1.54, 1.807) is 26.4 Å². The van der Waals surface area contributed by atoms with Gasteiger partial charge in [0.15, 0.2) is 0 Å². The Balaban J connectivity index is 1.51. The van der Waals surface area contributed by atoms with Gasteiger partial charge in [-0.3, -0.25) is 8.63 Å². The van der Waals surface area contributed by atoms with Crippen LogP contribution in [0.4, 0.5) is 8.63 Å². The summed E-state index contributed by atoms with van der Waals surface area (Å²) >= 11 is 0. The van der Waals surface area contributed by atoms with Gasteiger partial charge in [0.05, 0.1) is 25.6 Å². The summed E-state index contributed by atoms with van der Waals surface area (Å²) in [5.74, 6) is 1.42. The first-order valence-corrected chi connectivity index (χ1v) is 15.7. The van der Waals surface area contributed by atoms with Crippen molar-refractivity contribution in [2.75, 3.05) is 14.2 Å². The molecule has 0 bridgehead atoms. The topological polar surface area (TPSA) is 35.8 Å². The molecule has 2 aliphatic rings. The Morgan fingerprint density at radius 2 is 1.32 bits per heavy atom. The van der Waals surface area contributed by atoms with Gasteiger partial charge in [-0.15, -0.1) is 0 Å². The lowest BCUT2D eigenvalue weighted by Crippen LogP contribution is -2.20. The van der Waals surface area contributed by atoms with E-state index in [4.69, 9.17) is 14.5 Å². The molecule has 7 rings (SSSR count). The number of benzene rings is 4. The van der Waals surface area contributed by atoms with Crippen LogP contribution in [-0.4, -0.2) is 31.8 Å². The van der Waals surface area contributed by atoms with Gasteiger partial charge in [0.1, 0.15) is 11.5 Å². The van der Waals surface area contributed by atoms with Crippen LogP contribution >= 0.6 is 0 Å². The molecule has 1 aliphatic carbocycles. The van der Waals surface area contributed by atoms with Gasteiger partial charge < -0.3 is 14.0 Å². The summed E-state index contributed by atoms with van der Waals surface area (Å²) in [5.41, 5.74) is 10.6. The average Bonchev–Trinajstić information content (AvgIpc) is 3.69. The van der Waals surface area contributed by atoms with Crippen LogP contribution in [0.3, 0.4) is 0 Å². The highest BCUT2D eigenvalue weighted by molar-refractivity contribution is 6.42. The molecule has 47 heavy (non-hydrogen) atoms. The smallest absolute Gasteiger partial charge is 0.497 e. The molecule has 0 unspecified atom stereocenters. The van der Waals surface area contributed by atoms with Gasteiger partial charge in [-0.1, -0.05) is 69.3 Å². The zero-order valence-electron chi connectivity index (χ0n) is 27.1. The lowest BCUT2D eigenvalue weighted by Gasteiger charge is -2.25. The number of aliphatic imine (C=N–C) groups is 1. The number of hydrogen-bond donors (Lipinski definition) is 0. The quantitative estimate of drug-likeness (QED) is 0.173. The average molecular weight is 625 g/mol. The minimum Gasteiger partial charge on any atom is -0.497 e. The van der Waals surface area contributed by atoms with Crippen LogP contribution in [-0.2, 0) is 11.8 Å². The molecule has 1 aliphatic heterocycles. The maximum atomic E-state index is 15.4. The van der Waals surface area contributed by atoms with Crippen LogP contribution in [0.1, 0.15) is 59.8 Å². The molecule has 0 N–H and O–H groups in total. The Kier molecular flexibility index (Phi) is 7.71. The molecule has 4 aromatic carbocycles. The second-order valence-corrected chi connectivity index (χ2v) is 12.9. The monoisotopic (exact) mass is 624 g/mol. The first kappa shape index (κ1) is 30.5. The van der Waals surface area contributed by atoms with Crippen LogP contribution in [0.15, 0.2) is 120 Å². The number of ether oxygens (including phenoxy) is 2. The van der Waals surface area contributed by atoms with E-state index in [0.717, 1.165) is 44.9 Å². The fourth-order valence-electron chi connectivity index (χ4n) is 6.56.